The van der Waals surface area contributed by atoms with Gasteiger partial charge < -0.3 is 4.74 Å². The first-order chi connectivity index (χ1) is 7.04. The van der Waals surface area contributed by atoms with Crippen molar-refractivity contribution in [3.63, 3.8) is 0 Å². The third kappa shape index (κ3) is 3.14. The minimum atomic E-state index is -5.86. The maximum atomic E-state index is 12.6. The van der Waals surface area contributed by atoms with Crippen LogP contribution in [-0.4, -0.2) is 24.0 Å². The molecule has 1 unspecified atom stereocenters. The fourth-order valence-electron chi connectivity index (χ4n) is 0.666. The zero-order valence-electron chi connectivity index (χ0n) is 8.40. The smallest absolute Gasteiger partial charge is 0.393 e. The molecule has 0 bridgehead atoms. The van der Waals surface area contributed by atoms with Gasteiger partial charge in [-0.25, -0.2) is 0 Å². The van der Waals surface area contributed by atoms with Gasteiger partial charge in [0.2, 0.25) is 0 Å². The number of carbonyl (C=O) groups is 2. The van der Waals surface area contributed by atoms with Crippen molar-refractivity contribution in [1.82, 2.24) is 0 Å². The first kappa shape index (κ1) is 14.8. The minimum absolute atomic E-state index is 0.296. The highest BCUT2D eigenvalue weighted by Crippen LogP contribution is 2.41. The quantitative estimate of drug-likeness (QED) is 0.437. The van der Waals surface area contributed by atoms with Crippen LogP contribution >= 0.6 is 0 Å². The van der Waals surface area contributed by atoms with Crippen LogP contribution < -0.4 is 0 Å². The van der Waals surface area contributed by atoms with Gasteiger partial charge in [0.25, 0.3) is 0 Å². The van der Waals surface area contributed by atoms with Crippen LogP contribution in [0.5, 0.6) is 0 Å². The van der Waals surface area contributed by atoms with Gasteiger partial charge in [0.05, 0.1) is 0 Å². The molecule has 0 fully saturated rings. The SMILES string of the molecule is CCC(=O)OC(=O)C(C)C(F)(F)C(F)(F)F. The van der Waals surface area contributed by atoms with E-state index in [-0.39, 0.29) is 6.42 Å². The van der Waals surface area contributed by atoms with E-state index in [4.69, 9.17) is 0 Å². The molecule has 0 aromatic rings. The first-order valence-electron chi connectivity index (χ1n) is 4.23. The lowest BCUT2D eigenvalue weighted by Gasteiger charge is -2.23. The lowest BCUT2D eigenvalue weighted by Crippen LogP contribution is -2.46. The van der Waals surface area contributed by atoms with Crippen molar-refractivity contribution in [3.8, 4) is 0 Å². The van der Waals surface area contributed by atoms with Crippen LogP contribution in [0.1, 0.15) is 20.3 Å². The number of carbonyl (C=O) groups excluding carboxylic acids is 2. The molecule has 0 aliphatic carbocycles. The molecule has 0 heterocycles. The summed E-state index contributed by atoms with van der Waals surface area (Å²) in [6.45, 7) is 1.61. The predicted molar refractivity (Wildman–Crippen MR) is 41.6 cm³/mol. The lowest BCUT2D eigenvalue weighted by molar-refractivity contribution is -0.299. The van der Waals surface area contributed by atoms with Crippen molar-refractivity contribution in [2.75, 3.05) is 0 Å². The van der Waals surface area contributed by atoms with Crippen LogP contribution in [0.4, 0.5) is 22.0 Å². The van der Waals surface area contributed by atoms with Crippen LogP contribution in [0.2, 0.25) is 0 Å². The zero-order valence-corrected chi connectivity index (χ0v) is 8.40. The molecular weight excluding hydrogens is 239 g/mol. The molecule has 0 N–H and O–H groups in total. The number of esters is 2. The Bertz CT molecular complexity index is 284. The molecule has 0 saturated heterocycles. The van der Waals surface area contributed by atoms with Crippen LogP contribution in [0.15, 0.2) is 0 Å². The molecule has 94 valence electrons. The summed E-state index contributed by atoms with van der Waals surface area (Å²) in [6, 6.07) is 0. The normalized spacial score (nSPS) is 14.4. The summed E-state index contributed by atoms with van der Waals surface area (Å²) in [5.41, 5.74) is 0. The number of rotatable bonds is 3. The van der Waals surface area contributed by atoms with Crippen molar-refractivity contribution in [2.24, 2.45) is 5.92 Å². The fourth-order valence-corrected chi connectivity index (χ4v) is 0.666. The average molecular weight is 248 g/mol. The number of hydrogen-bond acceptors (Lipinski definition) is 3. The standard InChI is InChI=1S/C8H9F5O3/c1-3-5(14)16-6(15)4(2)7(9,10)8(11,12)13/h4H,3H2,1-2H3. The third-order valence-corrected chi connectivity index (χ3v) is 1.78. The number of alkyl halides is 5. The van der Waals surface area contributed by atoms with Gasteiger partial charge >= 0.3 is 24.0 Å². The Morgan fingerprint density at radius 3 is 1.94 bits per heavy atom. The molecule has 0 amide bonds. The molecule has 1 atom stereocenters. The molecular formula is C8H9F5O3. The highest BCUT2D eigenvalue weighted by atomic mass is 19.4. The summed E-state index contributed by atoms with van der Waals surface area (Å²) >= 11 is 0. The molecule has 3 nitrogen and oxygen atoms in total. The van der Waals surface area contributed by atoms with E-state index in [1.54, 1.807) is 0 Å². The molecule has 0 aromatic carbocycles. The summed E-state index contributed by atoms with van der Waals surface area (Å²) < 4.78 is 64.4. The predicted octanol–water partition coefficient (Wildman–Crippen LogP) is 2.30. The largest absolute Gasteiger partial charge is 0.454 e. The van der Waals surface area contributed by atoms with E-state index in [2.05, 4.69) is 4.74 Å². The molecule has 8 heteroatoms. The summed E-state index contributed by atoms with van der Waals surface area (Å²) in [6.07, 6.45) is -6.16. The highest BCUT2D eigenvalue weighted by Gasteiger charge is 2.63. The van der Waals surface area contributed by atoms with Gasteiger partial charge in [-0.15, -0.1) is 0 Å². The van der Waals surface area contributed by atoms with E-state index in [1.807, 2.05) is 0 Å². The Hall–Kier alpha value is -1.21. The average Bonchev–Trinajstić information content (AvgIpc) is 2.14. The second-order valence-corrected chi connectivity index (χ2v) is 2.99. The summed E-state index contributed by atoms with van der Waals surface area (Å²) in [7, 11) is 0. The Kier molecular flexibility index (Phi) is 4.39. The fraction of sp³-hybridized carbons (Fsp3) is 0.750. The van der Waals surface area contributed by atoms with Gasteiger partial charge in [-0.2, -0.15) is 22.0 Å². The van der Waals surface area contributed by atoms with Crippen LogP contribution in [0.3, 0.4) is 0 Å². The molecule has 0 aliphatic heterocycles. The van der Waals surface area contributed by atoms with Crippen molar-refractivity contribution < 1.29 is 36.3 Å². The van der Waals surface area contributed by atoms with E-state index < -0.39 is 30.0 Å². The molecule has 0 radical (unpaired) electrons. The number of hydrogen-bond donors (Lipinski definition) is 0. The van der Waals surface area contributed by atoms with Gasteiger partial charge in [-0.3, -0.25) is 9.59 Å². The van der Waals surface area contributed by atoms with Gasteiger partial charge in [0.15, 0.2) is 0 Å². The second kappa shape index (κ2) is 4.75. The first-order valence-corrected chi connectivity index (χ1v) is 4.23. The Morgan fingerprint density at radius 1 is 1.19 bits per heavy atom. The van der Waals surface area contributed by atoms with Crippen molar-refractivity contribution in [1.29, 1.82) is 0 Å². The summed E-state index contributed by atoms with van der Waals surface area (Å²) in [5, 5.41) is 0. The summed E-state index contributed by atoms with van der Waals surface area (Å²) in [4.78, 5) is 21.3. The van der Waals surface area contributed by atoms with E-state index >= 15 is 0 Å². The zero-order chi connectivity index (χ0) is 13.1. The molecule has 0 rings (SSSR count). The van der Waals surface area contributed by atoms with E-state index in [1.165, 1.54) is 6.92 Å². The summed E-state index contributed by atoms with van der Waals surface area (Å²) in [5.74, 6) is -11.0. The Labute approximate surface area is 87.6 Å². The molecule has 0 aliphatic rings. The molecule has 0 saturated carbocycles. The Balaban J connectivity index is 4.74. The monoisotopic (exact) mass is 248 g/mol. The Morgan fingerprint density at radius 2 is 1.62 bits per heavy atom. The van der Waals surface area contributed by atoms with Gasteiger partial charge in [-0.1, -0.05) is 6.92 Å². The lowest BCUT2D eigenvalue weighted by atomic mass is 10.0. The van der Waals surface area contributed by atoms with Gasteiger partial charge in [0.1, 0.15) is 5.92 Å². The maximum absolute atomic E-state index is 12.6. The number of ether oxygens (including phenoxy) is 1. The van der Waals surface area contributed by atoms with Crippen molar-refractivity contribution in [2.45, 2.75) is 32.4 Å². The van der Waals surface area contributed by atoms with Crippen LogP contribution in [-0.2, 0) is 14.3 Å². The number of halogens is 5. The van der Waals surface area contributed by atoms with Gasteiger partial charge in [0, 0.05) is 6.42 Å². The highest BCUT2D eigenvalue weighted by molar-refractivity contribution is 5.86. The van der Waals surface area contributed by atoms with Crippen LogP contribution in [0, 0.1) is 5.92 Å². The molecule has 0 aromatic heterocycles. The molecule has 0 spiro atoms. The van der Waals surface area contributed by atoms with Crippen LogP contribution in [0.25, 0.3) is 0 Å². The minimum Gasteiger partial charge on any atom is -0.393 e. The van der Waals surface area contributed by atoms with Gasteiger partial charge in [-0.05, 0) is 6.92 Å². The third-order valence-electron chi connectivity index (χ3n) is 1.78. The van der Waals surface area contributed by atoms with E-state index in [0.29, 0.717) is 6.92 Å². The van der Waals surface area contributed by atoms with Crippen molar-refractivity contribution >= 4 is 11.9 Å². The molecule has 16 heavy (non-hydrogen) atoms. The maximum Gasteiger partial charge on any atom is 0.454 e. The van der Waals surface area contributed by atoms with E-state index in [9.17, 15) is 31.5 Å². The topological polar surface area (TPSA) is 43.4 Å². The second-order valence-electron chi connectivity index (χ2n) is 2.99. The van der Waals surface area contributed by atoms with E-state index in [0.717, 1.165) is 0 Å². The van der Waals surface area contributed by atoms with Crippen molar-refractivity contribution in [3.05, 3.63) is 0 Å².